The Morgan fingerprint density at radius 2 is 1.89 bits per heavy atom. The molecule has 100 valence electrons. The number of benzene rings is 1. The lowest BCUT2D eigenvalue weighted by Crippen LogP contribution is -2.41. The van der Waals surface area contributed by atoms with Crippen molar-refractivity contribution < 1.29 is 14.3 Å². The fourth-order valence-corrected chi connectivity index (χ4v) is 1.49. The van der Waals surface area contributed by atoms with Crippen LogP contribution in [0.2, 0.25) is 0 Å². The van der Waals surface area contributed by atoms with Gasteiger partial charge in [-0.05, 0) is 17.7 Å². The van der Waals surface area contributed by atoms with E-state index in [2.05, 4.69) is 5.43 Å². The summed E-state index contributed by atoms with van der Waals surface area (Å²) < 4.78 is 10.3. The lowest BCUT2D eigenvalue weighted by Gasteiger charge is -2.17. The first kappa shape index (κ1) is 14.3. The first-order valence-electron chi connectivity index (χ1n) is 5.45. The van der Waals surface area contributed by atoms with E-state index < -0.39 is 6.04 Å². The van der Waals surface area contributed by atoms with E-state index in [1.807, 2.05) is 0 Å². The minimum atomic E-state index is -0.757. The van der Waals surface area contributed by atoms with Gasteiger partial charge in [0.05, 0.1) is 14.2 Å². The quantitative estimate of drug-likeness (QED) is 0.738. The summed E-state index contributed by atoms with van der Waals surface area (Å²) in [4.78, 5) is 11.8. The maximum absolute atomic E-state index is 11.8. The van der Waals surface area contributed by atoms with E-state index in [9.17, 15) is 4.79 Å². The Morgan fingerprint density at radius 3 is 2.39 bits per heavy atom. The van der Waals surface area contributed by atoms with Crippen LogP contribution in [0.15, 0.2) is 18.2 Å². The summed E-state index contributed by atoms with van der Waals surface area (Å²) in [6.07, 6.45) is 0. The third kappa shape index (κ3) is 3.35. The van der Waals surface area contributed by atoms with E-state index in [0.717, 1.165) is 0 Å². The summed E-state index contributed by atoms with van der Waals surface area (Å²) in [7, 11) is 6.53. The van der Waals surface area contributed by atoms with Crippen molar-refractivity contribution in [2.75, 3.05) is 28.3 Å². The second kappa shape index (κ2) is 6.23. The summed E-state index contributed by atoms with van der Waals surface area (Å²) in [5.74, 6) is 0.858. The molecule has 3 N–H and O–H groups in total. The van der Waals surface area contributed by atoms with E-state index in [4.69, 9.17) is 15.2 Å². The zero-order chi connectivity index (χ0) is 13.7. The van der Waals surface area contributed by atoms with Crippen molar-refractivity contribution in [1.82, 2.24) is 10.4 Å². The van der Waals surface area contributed by atoms with Crippen LogP contribution in [-0.2, 0) is 4.79 Å². The highest BCUT2D eigenvalue weighted by molar-refractivity contribution is 5.82. The number of methoxy groups -OCH3 is 2. The minimum absolute atomic E-state index is 0.285. The molecule has 1 aromatic rings. The van der Waals surface area contributed by atoms with Crippen molar-refractivity contribution >= 4 is 5.91 Å². The van der Waals surface area contributed by atoms with Crippen LogP contribution < -0.4 is 20.6 Å². The van der Waals surface area contributed by atoms with Crippen molar-refractivity contribution in [3.63, 3.8) is 0 Å². The zero-order valence-corrected chi connectivity index (χ0v) is 11.1. The van der Waals surface area contributed by atoms with Crippen LogP contribution in [-0.4, -0.2) is 39.2 Å². The van der Waals surface area contributed by atoms with Crippen molar-refractivity contribution in [3.05, 3.63) is 23.8 Å². The fourth-order valence-electron chi connectivity index (χ4n) is 1.49. The normalized spacial score (nSPS) is 12.1. The second-order valence-electron chi connectivity index (χ2n) is 3.96. The number of rotatable bonds is 5. The molecule has 1 aromatic carbocycles. The monoisotopic (exact) mass is 253 g/mol. The largest absolute Gasteiger partial charge is 0.493 e. The molecule has 0 radical (unpaired) electrons. The topological polar surface area (TPSA) is 76.8 Å². The molecule has 0 spiro atoms. The first-order chi connectivity index (χ1) is 8.49. The van der Waals surface area contributed by atoms with Gasteiger partial charge in [-0.25, -0.2) is 5.01 Å². The third-order valence-corrected chi connectivity index (χ3v) is 2.38. The van der Waals surface area contributed by atoms with Gasteiger partial charge < -0.3 is 15.2 Å². The number of carbonyl (C=O) groups is 1. The van der Waals surface area contributed by atoms with Gasteiger partial charge in [0.25, 0.3) is 5.91 Å². The summed E-state index contributed by atoms with van der Waals surface area (Å²) in [5.41, 5.74) is 9.13. The molecule has 0 aliphatic rings. The smallest absolute Gasteiger partial charge is 0.255 e. The molecule has 0 heterocycles. The van der Waals surface area contributed by atoms with Crippen LogP contribution in [0.25, 0.3) is 0 Å². The average Bonchev–Trinajstić information content (AvgIpc) is 2.36. The molecule has 0 saturated heterocycles. The minimum Gasteiger partial charge on any atom is -0.493 e. The van der Waals surface area contributed by atoms with Crippen LogP contribution in [0.1, 0.15) is 11.6 Å². The molecule has 6 heteroatoms. The second-order valence-corrected chi connectivity index (χ2v) is 3.96. The maximum Gasteiger partial charge on any atom is 0.255 e. The number of ether oxygens (including phenoxy) is 2. The molecule has 18 heavy (non-hydrogen) atoms. The molecule has 0 aromatic heterocycles. The Morgan fingerprint density at radius 1 is 1.28 bits per heavy atom. The van der Waals surface area contributed by atoms with E-state index in [1.165, 1.54) is 7.11 Å². The van der Waals surface area contributed by atoms with Gasteiger partial charge in [0.15, 0.2) is 11.5 Å². The Kier molecular flexibility index (Phi) is 4.94. The number of nitrogens with two attached hydrogens (primary N) is 1. The summed E-state index contributed by atoms with van der Waals surface area (Å²) in [6, 6.07) is 4.39. The van der Waals surface area contributed by atoms with E-state index >= 15 is 0 Å². The molecule has 1 rings (SSSR count). The van der Waals surface area contributed by atoms with Crippen LogP contribution >= 0.6 is 0 Å². The summed E-state index contributed by atoms with van der Waals surface area (Å²) in [6.45, 7) is 0. The number of nitrogens with zero attached hydrogens (tertiary/aromatic N) is 1. The van der Waals surface area contributed by atoms with Gasteiger partial charge in [-0.3, -0.25) is 10.2 Å². The molecule has 0 fully saturated rings. The highest BCUT2D eigenvalue weighted by atomic mass is 16.5. The van der Waals surface area contributed by atoms with Gasteiger partial charge in [0, 0.05) is 14.1 Å². The molecule has 1 amide bonds. The Bertz CT molecular complexity index is 421. The first-order valence-corrected chi connectivity index (χ1v) is 5.45. The lowest BCUT2D eigenvalue weighted by molar-refractivity contribution is -0.126. The van der Waals surface area contributed by atoms with Gasteiger partial charge in [-0.2, -0.15) is 0 Å². The highest BCUT2D eigenvalue weighted by Crippen LogP contribution is 2.29. The van der Waals surface area contributed by atoms with E-state index in [0.29, 0.717) is 17.1 Å². The van der Waals surface area contributed by atoms with Crippen molar-refractivity contribution in [3.8, 4) is 11.5 Å². The summed E-state index contributed by atoms with van der Waals surface area (Å²) >= 11 is 0. The van der Waals surface area contributed by atoms with Crippen molar-refractivity contribution in [2.45, 2.75) is 6.04 Å². The van der Waals surface area contributed by atoms with Crippen LogP contribution in [0.5, 0.6) is 11.5 Å². The molecule has 0 bridgehead atoms. The fraction of sp³-hybridized carbons (Fsp3) is 0.417. The molecular formula is C12H19N3O3. The molecule has 0 saturated carbocycles. The predicted molar refractivity (Wildman–Crippen MR) is 68.3 cm³/mol. The predicted octanol–water partition coefficient (Wildman–Crippen LogP) is 0.296. The van der Waals surface area contributed by atoms with Crippen LogP contribution in [0.4, 0.5) is 0 Å². The number of amides is 1. The molecule has 1 unspecified atom stereocenters. The standard InChI is InChI=1S/C12H19N3O3/c1-15(2)14-12(16)11(13)8-5-6-9(17-3)10(7-8)18-4/h5-7,11H,13H2,1-4H3,(H,14,16). The molecule has 1 atom stereocenters. The summed E-state index contributed by atoms with van der Waals surface area (Å²) in [5, 5.41) is 1.54. The van der Waals surface area contributed by atoms with Gasteiger partial charge in [-0.1, -0.05) is 6.07 Å². The Labute approximate surface area is 107 Å². The van der Waals surface area contributed by atoms with Crippen molar-refractivity contribution in [1.29, 1.82) is 0 Å². The third-order valence-electron chi connectivity index (χ3n) is 2.38. The van der Waals surface area contributed by atoms with Crippen molar-refractivity contribution in [2.24, 2.45) is 5.73 Å². The van der Waals surface area contributed by atoms with E-state index in [-0.39, 0.29) is 5.91 Å². The SMILES string of the molecule is COc1ccc(C(N)C(=O)NN(C)C)cc1OC. The Balaban J connectivity index is 2.92. The molecular weight excluding hydrogens is 234 g/mol. The number of nitrogens with one attached hydrogen (secondary N) is 1. The van der Waals surface area contributed by atoms with Gasteiger partial charge >= 0.3 is 0 Å². The van der Waals surface area contributed by atoms with E-state index in [1.54, 1.807) is 44.4 Å². The van der Waals surface area contributed by atoms with Gasteiger partial charge in [0.1, 0.15) is 6.04 Å². The molecule has 0 aliphatic carbocycles. The maximum atomic E-state index is 11.8. The Hall–Kier alpha value is -1.79. The average molecular weight is 253 g/mol. The highest BCUT2D eigenvalue weighted by Gasteiger charge is 2.18. The van der Waals surface area contributed by atoms with Crippen LogP contribution in [0.3, 0.4) is 0 Å². The lowest BCUT2D eigenvalue weighted by atomic mass is 10.1. The zero-order valence-electron chi connectivity index (χ0n) is 11.1. The number of hydrogen-bond acceptors (Lipinski definition) is 5. The van der Waals surface area contributed by atoms with Crippen LogP contribution in [0, 0.1) is 0 Å². The molecule has 6 nitrogen and oxygen atoms in total. The number of hydrazine groups is 1. The molecule has 0 aliphatic heterocycles. The number of carbonyl (C=O) groups excluding carboxylic acids is 1. The van der Waals surface area contributed by atoms with Gasteiger partial charge in [0.2, 0.25) is 0 Å². The van der Waals surface area contributed by atoms with Gasteiger partial charge in [-0.15, -0.1) is 0 Å². The number of hydrogen-bond donors (Lipinski definition) is 2.